The van der Waals surface area contributed by atoms with E-state index in [4.69, 9.17) is 14.2 Å². The molecule has 0 radical (unpaired) electrons. The van der Waals surface area contributed by atoms with E-state index in [-0.39, 0.29) is 31.1 Å². The smallest absolute Gasteiger partial charge is 0.306 e. The van der Waals surface area contributed by atoms with Crippen LogP contribution in [0.15, 0.2) is 36.5 Å². The summed E-state index contributed by atoms with van der Waals surface area (Å²) >= 11 is 0. The molecular formula is C57H104O6. The van der Waals surface area contributed by atoms with E-state index >= 15 is 0 Å². The van der Waals surface area contributed by atoms with Gasteiger partial charge in [0.15, 0.2) is 6.10 Å². The van der Waals surface area contributed by atoms with Gasteiger partial charge in [0, 0.05) is 19.3 Å². The van der Waals surface area contributed by atoms with Gasteiger partial charge in [-0.3, -0.25) is 14.4 Å². The van der Waals surface area contributed by atoms with Gasteiger partial charge >= 0.3 is 17.9 Å². The Labute approximate surface area is 391 Å². The molecule has 0 aliphatic heterocycles. The molecule has 0 N–H and O–H groups in total. The maximum absolute atomic E-state index is 12.8. The third-order valence-corrected chi connectivity index (χ3v) is 12.1. The molecule has 63 heavy (non-hydrogen) atoms. The van der Waals surface area contributed by atoms with Crippen LogP contribution in [0.5, 0.6) is 0 Å². The van der Waals surface area contributed by atoms with E-state index in [1.54, 1.807) is 0 Å². The number of hydrogen-bond acceptors (Lipinski definition) is 6. The van der Waals surface area contributed by atoms with Gasteiger partial charge in [-0.25, -0.2) is 0 Å². The molecule has 0 bridgehead atoms. The lowest BCUT2D eigenvalue weighted by Gasteiger charge is -2.18. The second kappa shape index (κ2) is 52.3. The van der Waals surface area contributed by atoms with Gasteiger partial charge in [-0.2, -0.15) is 0 Å². The molecule has 0 fully saturated rings. The van der Waals surface area contributed by atoms with E-state index in [2.05, 4.69) is 57.2 Å². The number of esters is 3. The van der Waals surface area contributed by atoms with Crippen molar-refractivity contribution in [1.82, 2.24) is 0 Å². The van der Waals surface area contributed by atoms with Crippen molar-refractivity contribution < 1.29 is 28.6 Å². The summed E-state index contributed by atoms with van der Waals surface area (Å²) in [6, 6.07) is 0. The van der Waals surface area contributed by atoms with Crippen molar-refractivity contribution in [3.8, 4) is 0 Å². The minimum absolute atomic E-state index is 0.0769. The predicted molar refractivity (Wildman–Crippen MR) is 270 cm³/mol. The van der Waals surface area contributed by atoms with Crippen molar-refractivity contribution >= 4 is 17.9 Å². The summed E-state index contributed by atoms with van der Waals surface area (Å²) < 4.78 is 16.8. The van der Waals surface area contributed by atoms with Crippen LogP contribution in [0.2, 0.25) is 0 Å². The molecule has 0 heterocycles. The maximum Gasteiger partial charge on any atom is 0.306 e. The molecule has 6 heteroatoms. The molecule has 0 saturated carbocycles. The molecule has 0 spiro atoms. The summed E-state index contributed by atoms with van der Waals surface area (Å²) in [6.45, 7) is 6.62. The van der Waals surface area contributed by atoms with Crippen molar-refractivity contribution in [3.05, 3.63) is 36.5 Å². The Morgan fingerprint density at radius 1 is 0.302 bits per heavy atom. The largest absolute Gasteiger partial charge is 0.462 e. The Bertz CT molecular complexity index is 1060. The molecule has 1 atom stereocenters. The Kier molecular flexibility index (Phi) is 50.3. The monoisotopic (exact) mass is 885 g/mol. The SMILES string of the molecule is CCCCCC/C=C\CCCCCCCCCC(=O)OC[C@@H](COC(=O)CCCCCCC/C=C\CCCCCCCC)OC(=O)CCCCCCCCC/C=C\CCCCCC. The second-order valence-corrected chi connectivity index (χ2v) is 18.5. The molecule has 0 unspecified atom stereocenters. The van der Waals surface area contributed by atoms with Crippen LogP contribution in [0.4, 0.5) is 0 Å². The van der Waals surface area contributed by atoms with Crippen LogP contribution in [-0.4, -0.2) is 37.2 Å². The Morgan fingerprint density at radius 2 is 0.524 bits per heavy atom. The van der Waals surface area contributed by atoms with E-state index in [0.29, 0.717) is 19.3 Å². The van der Waals surface area contributed by atoms with Crippen molar-refractivity contribution in [2.24, 2.45) is 0 Å². The zero-order valence-corrected chi connectivity index (χ0v) is 42.1. The number of hydrogen-bond donors (Lipinski definition) is 0. The van der Waals surface area contributed by atoms with E-state index in [1.807, 2.05) is 0 Å². The number of allylic oxidation sites excluding steroid dienone is 6. The van der Waals surface area contributed by atoms with Gasteiger partial charge in [0.25, 0.3) is 0 Å². The molecule has 0 aromatic carbocycles. The van der Waals surface area contributed by atoms with Crippen LogP contribution in [0, 0.1) is 0 Å². The highest BCUT2D eigenvalue weighted by atomic mass is 16.6. The summed E-state index contributed by atoms with van der Waals surface area (Å²) in [5.41, 5.74) is 0. The van der Waals surface area contributed by atoms with Gasteiger partial charge in [-0.1, -0.05) is 211 Å². The number of rotatable bonds is 50. The molecule has 368 valence electrons. The fraction of sp³-hybridized carbons (Fsp3) is 0.842. The fourth-order valence-electron chi connectivity index (χ4n) is 7.90. The standard InChI is InChI=1S/C57H104O6/c1-4-7-10-13-16-19-22-25-28-31-34-37-40-43-46-49-55(58)61-52-54(63-57(60)51-48-45-42-39-36-33-30-27-24-21-18-15-12-9-6-3)53-62-56(59)50-47-44-41-38-35-32-29-26-23-20-17-14-11-8-5-2/h19,21-22,24,26,29,54H,4-18,20,23,25,27-28,30-53H2,1-3H3/b22-19-,24-21-,29-26-/t54-/m0/s1. The third-order valence-electron chi connectivity index (χ3n) is 12.1. The molecule has 0 aliphatic rings. The first kappa shape index (κ1) is 60.6. The second-order valence-electron chi connectivity index (χ2n) is 18.5. The molecular weight excluding hydrogens is 781 g/mol. The highest BCUT2D eigenvalue weighted by molar-refractivity contribution is 5.71. The van der Waals surface area contributed by atoms with Gasteiger partial charge in [0.2, 0.25) is 0 Å². The van der Waals surface area contributed by atoms with E-state index in [1.165, 1.54) is 186 Å². The van der Waals surface area contributed by atoms with Gasteiger partial charge in [0.05, 0.1) is 0 Å². The van der Waals surface area contributed by atoms with Crippen molar-refractivity contribution in [1.29, 1.82) is 0 Å². The number of unbranched alkanes of at least 4 members (excludes halogenated alkanes) is 33. The summed E-state index contributed by atoms with van der Waals surface area (Å²) in [6.07, 6.45) is 61.2. The van der Waals surface area contributed by atoms with Crippen LogP contribution in [0.3, 0.4) is 0 Å². The zero-order chi connectivity index (χ0) is 45.8. The van der Waals surface area contributed by atoms with Crippen LogP contribution in [0.1, 0.15) is 290 Å². The zero-order valence-electron chi connectivity index (χ0n) is 42.1. The number of carbonyl (C=O) groups is 3. The molecule has 6 nitrogen and oxygen atoms in total. The van der Waals surface area contributed by atoms with E-state index < -0.39 is 6.10 Å². The third kappa shape index (κ3) is 50.5. The quantitative estimate of drug-likeness (QED) is 0.0262. The van der Waals surface area contributed by atoms with Crippen LogP contribution >= 0.6 is 0 Å². The Balaban J connectivity index is 4.38. The summed E-state index contributed by atoms with van der Waals surface area (Å²) in [5.74, 6) is -0.882. The highest BCUT2D eigenvalue weighted by Gasteiger charge is 2.19. The molecule has 0 aromatic heterocycles. The van der Waals surface area contributed by atoms with E-state index in [0.717, 1.165) is 64.2 Å². The van der Waals surface area contributed by atoms with Gasteiger partial charge < -0.3 is 14.2 Å². The predicted octanol–water partition coefficient (Wildman–Crippen LogP) is 18.1. The molecule has 0 aromatic rings. The first-order valence-electron chi connectivity index (χ1n) is 27.5. The minimum Gasteiger partial charge on any atom is -0.462 e. The van der Waals surface area contributed by atoms with Crippen molar-refractivity contribution in [3.63, 3.8) is 0 Å². The first-order valence-corrected chi connectivity index (χ1v) is 27.5. The molecule has 0 amide bonds. The Hall–Kier alpha value is -2.37. The lowest BCUT2D eigenvalue weighted by molar-refractivity contribution is -0.167. The summed E-state index contributed by atoms with van der Waals surface area (Å²) in [4.78, 5) is 38.1. The molecule has 0 aliphatic carbocycles. The average Bonchev–Trinajstić information content (AvgIpc) is 3.28. The topological polar surface area (TPSA) is 78.9 Å². The number of ether oxygens (including phenoxy) is 3. The average molecular weight is 885 g/mol. The lowest BCUT2D eigenvalue weighted by Crippen LogP contribution is -2.30. The maximum atomic E-state index is 12.8. The normalized spacial score (nSPS) is 12.2. The van der Waals surface area contributed by atoms with Gasteiger partial charge in [-0.15, -0.1) is 0 Å². The van der Waals surface area contributed by atoms with Crippen LogP contribution in [0.25, 0.3) is 0 Å². The fourth-order valence-corrected chi connectivity index (χ4v) is 7.90. The molecule has 0 saturated heterocycles. The van der Waals surface area contributed by atoms with Crippen molar-refractivity contribution in [2.75, 3.05) is 13.2 Å². The van der Waals surface area contributed by atoms with Gasteiger partial charge in [-0.05, 0) is 96.3 Å². The van der Waals surface area contributed by atoms with Crippen molar-refractivity contribution in [2.45, 2.75) is 297 Å². The van der Waals surface area contributed by atoms with E-state index in [9.17, 15) is 14.4 Å². The summed E-state index contributed by atoms with van der Waals surface area (Å²) in [5, 5.41) is 0. The summed E-state index contributed by atoms with van der Waals surface area (Å²) in [7, 11) is 0. The minimum atomic E-state index is -0.777. The Morgan fingerprint density at radius 3 is 0.810 bits per heavy atom. The van der Waals surface area contributed by atoms with Gasteiger partial charge in [0.1, 0.15) is 13.2 Å². The number of carbonyl (C=O) groups excluding carboxylic acids is 3. The lowest BCUT2D eigenvalue weighted by atomic mass is 10.1. The van der Waals surface area contributed by atoms with Crippen LogP contribution in [-0.2, 0) is 28.6 Å². The highest BCUT2D eigenvalue weighted by Crippen LogP contribution is 2.15. The van der Waals surface area contributed by atoms with Crippen LogP contribution < -0.4 is 0 Å². The first-order chi connectivity index (χ1) is 31.0. The molecule has 0 rings (SSSR count).